The van der Waals surface area contributed by atoms with E-state index in [4.69, 9.17) is 0 Å². The van der Waals surface area contributed by atoms with Gasteiger partial charge in [0.25, 0.3) is 11.6 Å². The van der Waals surface area contributed by atoms with E-state index in [-0.39, 0.29) is 23.6 Å². The van der Waals surface area contributed by atoms with Gasteiger partial charge in [-0.25, -0.2) is 0 Å². The van der Waals surface area contributed by atoms with Gasteiger partial charge < -0.3 is 10.0 Å². The van der Waals surface area contributed by atoms with Crippen LogP contribution in [0.4, 0.5) is 5.69 Å². The van der Waals surface area contributed by atoms with E-state index in [0.29, 0.717) is 23.1 Å². The lowest BCUT2D eigenvalue weighted by Gasteiger charge is -2.33. The molecule has 0 aromatic heterocycles. The number of likely N-dealkylation sites (tertiary alicyclic amines) is 1. The van der Waals surface area contributed by atoms with Gasteiger partial charge in [-0.05, 0) is 31.7 Å². The van der Waals surface area contributed by atoms with Gasteiger partial charge in [0.2, 0.25) is 0 Å². The van der Waals surface area contributed by atoms with Crippen molar-refractivity contribution in [2.45, 2.75) is 25.9 Å². The third-order valence-corrected chi connectivity index (χ3v) is 4.31. The lowest BCUT2D eigenvalue weighted by atomic mass is 9.92. The number of aliphatic hydroxyl groups is 1. The van der Waals surface area contributed by atoms with Crippen molar-refractivity contribution in [3.8, 4) is 0 Å². The number of piperidine rings is 1. The van der Waals surface area contributed by atoms with Crippen LogP contribution < -0.4 is 0 Å². The number of nitrogens with zero attached hydrogens (tertiary/aromatic N) is 2. The van der Waals surface area contributed by atoms with Crippen molar-refractivity contribution in [2.75, 3.05) is 13.1 Å². The molecule has 114 valence electrons. The molecule has 1 aliphatic heterocycles. The summed E-state index contributed by atoms with van der Waals surface area (Å²) in [5.41, 5.74) is 0.207. The average Bonchev–Trinajstić information content (AvgIpc) is 2.45. The largest absolute Gasteiger partial charge is 0.393 e. The number of carbonyl (C=O) groups excluding carboxylic acids is 1. The number of hydrogen-bond acceptors (Lipinski definition) is 4. The maximum atomic E-state index is 12.4. The van der Waals surface area contributed by atoms with Crippen LogP contribution in [-0.4, -0.2) is 40.0 Å². The maximum absolute atomic E-state index is 12.4. The molecular weight excluding hydrogens is 340 g/mol. The fourth-order valence-electron chi connectivity index (χ4n) is 2.57. The number of amides is 1. The first-order valence-electron chi connectivity index (χ1n) is 6.81. The number of nitro groups is 1. The molecule has 1 aromatic carbocycles. The minimum absolute atomic E-state index is 0.105. The van der Waals surface area contributed by atoms with Crippen LogP contribution >= 0.6 is 15.9 Å². The quantitative estimate of drug-likeness (QED) is 0.666. The molecule has 1 saturated heterocycles. The Labute approximate surface area is 131 Å². The molecule has 21 heavy (non-hydrogen) atoms. The maximum Gasteiger partial charge on any atom is 0.271 e. The van der Waals surface area contributed by atoms with Gasteiger partial charge in [-0.15, -0.1) is 0 Å². The predicted octanol–water partition coefficient (Wildman–Crippen LogP) is 2.59. The molecule has 1 aliphatic rings. The Morgan fingerprint density at radius 2 is 2.05 bits per heavy atom. The second-order valence-corrected chi connectivity index (χ2v) is 6.24. The zero-order valence-corrected chi connectivity index (χ0v) is 13.2. The van der Waals surface area contributed by atoms with E-state index in [1.807, 2.05) is 0 Å². The summed E-state index contributed by atoms with van der Waals surface area (Å²) < 4.78 is 0.513. The lowest BCUT2D eigenvalue weighted by molar-refractivity contribution is -0.385. The Morgan fingerprint density at radius 1 is 1.43 bits per heavy atom. The molecule has 2 rings (SSSR count). The molecule has 0 bridgehead atoms. The Morgan fingerprint density at radius 3 is 2.57 bits per heavy atom. The SMILES string of the molecule is CC(O)C1CCN(C(=O)c2cc(Br)cc([N+](=O)[O-])c2)CC1. The van der Waals surface area contributed by atoms with E-state index in [0.717, 1.165) is 12.8 Å². The smallest absolute Gasteiger partial charge is 0.271 e. The fourth-order valence-corrected chi connectivity index (χ4v) is 3.05. The highest BCUT2D eigenvalue weighted by molar-refractivity contribution is 9.10. The van der Waals surface area contributed by atoms with Crippen molar-refractivity contribution in [2.24, 2.45) is 5.92 Å². The highest BCUT2D eigenvalue weighted by Gasteiger charge is 2.26. The van der Waals surface area contributed by atoms with Crippen LogP contribution in [0.3, 0.4) is 0 Å². The van der Waals surface area contributed by atoms with E-state index in [2.05, 4.69) is 15.9 Å². The van der Waals surface area contributed by atoms with Gasteiger partial charge in [0.15, 0.2) is 0 Å². The number of rotatable bonds is 3. The van der Waals surface area contributed by atoms with Crippen molar-refractivity contribution in [1.29, 1.82) is 0 Å². The van der Waals surface area contributed by atoms with Crippen LogP contribution in [-0.2, 0) is 0 Å². The van der Waals surface area contributed by atoms with Gasteiger partial charge in [-0.2, -0.15) is 0 Å². The van der Waals surface area contributed by atoms with Crippen LogP contribution in [0.2, 0.25) is 0 Å². The molecular formula is C14H17BrN2O4. The topological polar surface area (TPSA) is 83.7 Å². The van der Waals surface area contributed by atoms with Gasteiger partial charge in [-0.3, -0.25) is 14.9 Å². The first kappa shape index (κ1) is 15.9. The molecule has 6 nitrogen and oxygen atoms in total. The number of benzene rings is 1. The number of carbonyl (C=O) groups is 1. The molecule has 1 unspecified atom stereocenters. The van der Waals surface area contributed by atoms with Crippen molar-refractivity contribution in [3.05, 3.63) is 38.3 Å². The average molecular weight is 357 g/mol. The van der Waals surface area contributed by atoms with E-state index in [1.54, 1.807) is 17.9 Å². The van der Waals surface area contributed by atoms with E-state index in [1.165, 1.54) is 12.1 Å². The van der Waals surface area contributed by atoms with Crippen LogP contribution in [0.1, 0.15) is 30.1 Å². The lowest BCUT2D eigenvalue weighted by Crippen LogP contribution is -2.40. The number of nitro benzene ring substituents is 1. The summed E-state index contributed by atoms with van der Waals surface area (Å²) in [6.07, 6.45) is 1.13. The van der Waals surface area contributed by atoms with Gasteiger partial charge in [0, 0.05) is 35.3 Å². The van der Waals surface area contributed by atoms with E-state index < -0.39 is 4.92 Å². The standard InChI is InChI=1S/C14H17BrN2O4/c1-9(18)10-2-4-16(5-3-10)14(19)11-6-12(15)8-13(7-11)17(20)21/h6-10,18H,2-5H2,1H3. The Kier molecular flexibility index (Phi) is 4.95. The molecule has 1 amide bonds. The monoisotopic (exact) mass is 356 g/mol. The highest BCUT2D eigenvalue weighted by Crippen LogP contribution is 2.25. The summed E-state index contributed by atoms with van der Waals surface area (Å²) in [4.78, 5) is 24.4. The molecule has 0 saturated carbocycles. The van der Waals surface area contributed by atoms with E-state index in [9.17, 15) is 20.0 Å². The second kappa shape index (κ2) is 6.53. The summed E-state index contributed by atoms with van der Waals surface area (Å²) in [7, 11) is 0. The summed E-state index contributed by atoms with van der Waals surface area (Å²) in [6.45, 7) is 2.89. The normalized spacial score (nSPS) is 17.6. The first-order chi connectivity index (χ1) is 9.88. The first-order valence-corrected chi connectivity index (χ1v) is 7.60. The Balaban J connectivity index is 2.12. The van der Waals surface area contributed by atoms with E-state index >= 15 is 0 Å². The highest BCUT2D eigenvalue weighted by atomic mass is 79.9. The van der Waals surface area contributed by atoms with Crippen molar-refractivity contribution >= 4 is 27.5 Å². The second-order valence-electron chi connectivity index (χ2n) is 5.33. The van der Waals surface area contributed by atoms with Crippen LogP contribution in [0, 0.1) is 16.0 Å². The molecule has 1 heterocycles. The van der Waals surface area contributed by atoms with Crippen LogP contribution in [0.25, 0.3) is 0 Å². The third-order valence-electron chi connectivity index (χ3n) is 3.85. The molecule has 1 N–H and O–H groups in total. The minimum Gasteiger partial charge on any atom is -0.393 e. The van der Waals surface area contributed by atoms with Crippen molar-refractivity contribution in [1.82, 2.24) is 4.90 Å². The number of halogens is 1. The summed E-state index contributed by atoms with van der Waals surface area (Å²) in [6, 6.07) is 4.26. The summed E-state index contributed by atoms with van der Waals surface area (Å²) in [5.74, 6) is 0.00865. The Bertz CT molecular complexity index is 554. The van der Waals surface area contributed by atoms with Gasteiger partial charge in [0.05, 0.1) is 11.0 Å². The third kappa shape index (κ3) is 3.79. The Hall–Kier alpha value is -1.47. The summed E-state index contributed by atoms with van der Waals surface area (Å²) >= 11 is 3.19. The zero-order chi connectivity index (χ0) is 15.6. The van der Waals surface area contributed by atoms with Gasteiger partial charge >= 0.3 is 0 Å². The molecule has 7 heteroatoms. The summed E-state index contributed by atoms with van der Waals surface area (Å²) in [5, 5.41) is 20.4. The van der Waals surface area contributed by atoms with Crippen LogP contribution in [0.15, 0.2) is 22.7 Å². The van der Waals surface area contributed by atoms with Crippen molar-refractivity contribution in [3.63, 3.8) is 0 Å². The molecule has 0 radical (unpaired) electrons. The zero-order valence-electron chi connectivity index (χ0n) is 11.7. The number of non-ortho nitro benzene ring substituents is 1. The van der Waals surface area contributed by atoms with Crippen molar-refractivity contribution < 1.29 is 14.8 Å². The van der Waals surface area contributed by atoms with Gasteiger partial charge in [-0.1, -0.05) is 15.9 Å². The molecule has 1 atom stereocenters. The predicted molar refractivity (Wildman–Crippen MR) is 81.1 cm³/mol. The molecule has 1 fully saturated rings. The molecule has 0 spiro atoms. The minimum atomic E-state index is -0.513. The van der Waals surface area contributed by atoms with Gasteiger partial charge in [0.1, 0.15) is 0 Å². The fraction of sp³-hybridized carbons (Fsp3) is 0.500. The molecule has 0 aliphatic carbocycles. The molecule has 1 aromatic rings. The number of hydrogen-bond donors (Lipinski definition) is 1. The number of aliphatic hydroxyl groups excluding tert-OH is 1. The van der Waals surface area contributed by atoms with Crippen LogP contribution in [0.5, 0.6) is 0 Å².